The molecular weight excluding hydrogens is 512 g/mol. The van der Waals surface area contributed by atoms with Gasteiger partial charge >= 0.3 is 0 Å². The summed E-state index contributed by atoms with van der Waals surface area (Å²) in [7, 11) is 0. The van der Waals surface area contributed by atoms with E-state index in [1.165, 1.54) is 11.3 Å². The Morgan fingerprint density at radius 2 is 1.62 bits per heavy atom. The quantitative estimate of drug-likeness (QED) is 0.276. The van der Waals surface area contributed by atoms with Crippen LogP contribution in [0, 0.1) is 0 Å². The van der Waals surface area contributed by atoms with Crippen molar-refractivity contribution in [1.29, 1.82) is 0 Å². The molecule has 12 heteroatoms. The van der Waals surface area contributed by atoms with Crippen molar-refractivity contribution in [1.82, 2.24) is 25.1 Å². The molecule has 10 nitrogen and oxygen atoms in total. The first-order valence-corrected chi connectivity index (χ1v) is 13.2. The Kier molecular flexibility index (Phi) is 8.51. The topological polar surface area (TPSA) is 112 Å². The predicted octanol–water partition coefficient (Wildman–Crippen LogP) is 4.74. The lowest BCUT2D eigenvalue weighted by Crippen LogP contribution is -2.34. The zero-order valence-corrected chi connectivity index (χ0v) is 22.7. The molecule has 0 aliphatic rings. The summed E-state index contributed by atoms with van der Waals surface area (Å²) in [4.78, 5) is 13.7. The number of hydrogen-bond donors (Lipinski definition) is 2. The molecule has 0 saturated carbocycles. The molecular formula is C25H28N6O4S2. The summed E-state index contributed by atoms with van der Waals surface area (Å²) in [6.07, 6.45) is 0.757. The van der Waals surface area contributed by atoms with Gasteiger partial charge in [0.25, 0.3) is 5.91 Å². The molecule has 0 aliphatic carbocycles. The molecule has 0 atom stereocenters. The molecule has 2 heterocycles. The smallest absolute Gasteiger partial charge is 0.257 e. The third-order valence-electron chi connectivity index (χ3n) is 5.16. The Balaban J connectivity index is 1.45. The number of aromatic nitrogens is 4. The van der Waals surface area contributed by atoms with E-state index in [9.17, 15) is 4.79 Å². The molecule has 4 aromatic rings. The zero-order valence-electron chi connectivity index (χ0n) is 21.0. The number of nitrogens with zero attached hydrogens (tertiary/aromatic N) is 4. The summed E-state index contributed by atoms with van der Waals surface area (Å²) < 4.78 is 18.9. The minimum absolute atomic E-state index is 0.161. The molecule has 2 N–H and O–H groups in total. The summed E-state index contributed by atoms with van der Waals surface area (Å²) >= 11 is 6.85. The minimum atomic E-state index is -0.398. The van der Waals surface area contributed by atoms with Crippen LogP contribution in [0.4, 0.5) is 5.69 Å². The maximum Gasteiger partial charge on any atom is 0.257 e. The monoisotopic (exact) mass is 540 g/mol. The summed E-state index contributed by atoms with van der Waals surface area (Å²) in [6, 6.07) is 10.8. The van der Waals surface area contributed by atoms with Crippen LogP contribution in [-0.4, -0.2) is 50.7 Å². The van der Waals surface area contributed by atoms with Gasteiger partial charge in [0.1, 0.15) is 5.01 Å². The molecule has 1 amide bonds. The van der Waals surface area contributed by atoms with Gasteiger partial charge in [-0.3, -0.25) is 10.1 Å². The Labute approximate surface area is 224 Å². The highest BCUT2D eigenvalue weighted by Crippen LogP contribution is 2.39. The maximum atomic E-state index is 13.0. The van der Waals surface area contributed by atoms with Crippen LogP contribution >= 0.6 is 23.6 Å². The number of amides is 1. The van der Waals surface area contributed by atoms with Crippen LogP contribution in [0.25, 0.3) is 15.5 Å². The average Bonchev–Trinajstić information content (AvgIpc) is 3.47. The molecule has 0 saturated heterocycles. The van der Waals surface area contributed by atoms with Crippen LogP contribution in [0.1, 0.15) is 43.9 Å². The summed E-state index contributed by atoms with van der Waals surface area (Å²) in [5, 5.41) is 19.7. The zero-order chi connectivity index (χ0) is 26.4. The van der Waals surface area contributed by atoms with Gasteiger partial charge in [0.05, 0.1) is 19.8 Å². The van der Waals surface area contributed by atoms with Crippen LogP contribution in [-0.2, 0) is 6.42 Å². The van der Waals surface area contributed by atoms with Gasteiger partial charge in [0.2, 0.25) is 10.7 Å². The lowest BCUT2D eigenvalue weighted by Gasteiger charge is -2.17. The number of thiocarbonyl (C=S) groups is 1. The minimum Gasteiger partial charge on any atom is -0.490 e. The van der Waals surface area contributed by atoms with E-state index in [1.54, 1.807) is 16.6 Å². The predicted molar refractivity (Wildman–Crippen MR) is 147 cm³/mol. The van der Waals surface area contributed by atoms with E-state index in [1.807, 2.05) is 52.0 Å². The molecule has 0 spiro atoms. The largest absolute Gasteiger partial charge is 0.490 e. The number of carbonyl (C=O) groups is 1. The molecule has 2 aromatic carbocycles. The number of nitrogens with one attached hydrogen (secondary N) is 2. The molecule has 2 aromatic heterocycles. The highest BCUT2D eigenvalue weighted by Gasteiger charge is 2.19. The Morgan fingerprint density at radius 1 is 0.973 bits per heavy atom. The first kappa shape index (κ1) is 26.3. The van der Waals surface area contributed by atoms with Crippen LogP contribution in [0.2, 0.25) is 0 Å². The van der Waals surface area contributed by atoms with Gasteiger partial charge in [-0.2, -0.15) is 9.61 Å². The van der Waals surface area contributed by atoms with Gasteiger partial charge in [-0.05, 0) is 69.4 Å². The Hall–Kier alpha value is -3.77. The van der Waals surface area contributed by atoms with Gasteiger partial charge in [0, 0.05) is 23.2 Å². The highest BCUT2D eigenvalue weighted by atomic mass is 32.1. The average molecular weight is 541 g/mol. The Bertz CT molecular complexity index is 1370. The first-order valence-electron chi connectivity index (χ1n) is 12.0. The van der Waals surface area contributed by atoms with Crippen molar-refractivity contribution in [2.24, 2.45) is 0 Å². The van der Waals surface area contributed by atoms with Crippen molar-refractivity contribution < 1.29 is 19.0 Å². The highest BCUT2D eigenvalue weighted by molar-refractivity contribution is 7.80. The lowest BCUT2D eigenvalue weighted by molar-refractivity contribution is 0.0976. The van der Waals surface area contributed by atoms with Gasteiger partial charge in [-0.15, -0.1) is 10.2 Å². The maximum absolute atomic E-state index is 13.0. The van der Waals surface area contributed by atoms with Crippen LogP contribution in [0.3, 0.4) is 0 Å². The number of fused-ring (bicyclic) bond motifs is 1. The van der Waals surface area contributed by atoms with E-state index in [0.717, 1.165) is 33.5 Å². The lowest BCUT2D eigenvalue weighted by atomic mass is 10.1. The fraction of sp³-hybridized carbons (Fsp3) is 0.320. The standard InChI is InChI=1S/C25H28N6O4S2/c1-5-20-28-29-25-31(20)30-23(37-25)15-9-11-17(12-10-15)26-24(36)27-22(32)16-13-18(33-6-2)21(35-8-4)19(14-16)34-7-3/h9-14H,5-8H2,1-4H3,(H2,26,27,32,36). The molecule has 0 fully saturated rings. The van der Waals surface area contributed by atoms with E-state index in [2.05, 4.69) is 25.9 Å². The normalized spacial score (nSPS) is 10.8. The van der Waals surface area contributed by atoms with Crippen LogP contribution < -0.4 is 24.8 Å². The van der Waals surface area contributed by atoms with E-state index >= 15 is 0 Å². The van der Waals surface area contributed by atoms with E-state index in [-0.39, 0.29) is 5.11 Å². The number of rotatable bonds is 10. The van der Waals surface area contributed by atoms with Crippen molar-refractivity contribution in [3.8, 4) is 27.8 Å². The second-order valence-electron chi connectivity index (χ2n) is 7.66. The third kappa shape index (κ3) is 5.97. The van der Waals surface area contributed by atoms with Crippen LogP contribution in [0.15, 0.2) is 36.4 Å². The second kappa shape index (κ2) is 12.0. The van der Waals surface area contributed by atoms with Gasteiger partial charge < -0.3 is 19.5 Å². The second-order valence-corrected chi connectivity index (χ2v) is 9.02. The molecule has 0 radical (unpaired) electrons. The van der Waals surface area contributed by atoms with E-state index < -0.39 is 5.91 Å². The van der Waals surface area contributed by atoms with Gasteiger partial charge in [0.15, 0.2) is 22.4 Å². The van der Waals surface area contributed by atoms with Crippen molar-refractivity contribution in [3.63, 3.8) is 0 Å². The number of aryl methyl sites for hydroxylation is 1. The number of benzene rings is 2. The van der Waals surface area contributed by atoms with Crippen molar-refractivity contribution in [3.05, 3.63) is 47.8 Å². The summed E-state index contributed by atoms with van der Waals surface area (Å²) in [6.45, 7) is 8.87. The number of carbonyl (C=O) groups excluding carboxylic acids is 1. The molecule has 37 heavy (non-hydrogen) atoms. The van der Waals surface area contributed by atoms with Gasteiger partial charge in [-0.25, -0.2) is 0 Å². The molecule has 0 bridgehead atoms. The van der Waals surface area contributed by atoms with Crippen molar-refractivity contribution >= 4 is 45.2 Å². The number of hydrogen-bond acceptors (Lipinski definition) is 9. The van der Waals surface area contributed by atoms with E-state index in [4.69, 9.17) is 26.4 Å². The first-order chi connectivity index (χ1) is 18.0. The Morgan fingerprint density at radius 3 is 2.22 bits per heavy atom. The van der Waals surface area contributed by atoms with Crippen LogP contribution in [0.5, 0.6) is 17.2 Å². The fourth-order valence-corrected chi connectivity index (χ4v) is 4.62. The van der Waals surface area contributed by atoms with Crippen molar-refractivity contribution in [2.45, 2.75) is 34.1 Å². The van der Waals surface area contributed by atoms with Gasteiger partial charge in [-0.1, -0.05) is 18.3 Å². The van der Waals surface area contributed by atoms with Crippen molar-refractivity contribution in [2.75, 3.05) is 25.1 Å². The third-order valence-corrected chi connectivity index (χ3v) is 6.31. The molecule has 0 aliphatic heterocycles. The molecule has 194 valence electrons. The molecule has 0 unspecified atom stereocenters. The molecule has 4 rings (SSSR count). The number of anilines is 1. The SMILES string of the molecule is CCOc1cc(C(=O)NC(=S)Nc2ccc(-c3nn4c(CC)nnc4s3)cc2)cc(OCC)c1OCC. The summed E-state index contributed by atoms with van der Waals surface area (Å²) in [5.41, 5.74) is 2.01. The fourth-order valence-electron chi connectivity index (χ4n) is 3.55. The van der Waals surface area contributed by atoms with E-state index in [0.29, 0.717) is 42.6 Å². The number of ether oxygens (including phenoxy) is 3. The summed E-state index contributed by atoms with van der Waals surface area (Å²) in [5.74, 6) is 1.77.